The second-order valence-corrected chi connectivity index (χ2v) is 6.40. The van der Waals surface area contributed by atoms with E-state index in [1.54, 1.807) is 4.90 Å². The van der Waals surface area contributed by atoms with Crippen LogP contribution in [0.3, 0.4) is 0 Å². The van der Waals surface area contributed by atoms with Gasteiger partial charge in [0.05, 0.1) is 11.1 Å². The van der Waals surface area contributed by atoms with E-state index in [9.17, 15) is 4.79 Å². The summed E-state index contributed by atoms with van der Waals surface area (Å²) in [7, 11) is 0. The minimum absolute atomic E-state index is 0.0350. The van der Waals surface area contributed by atoms with Gasteiger partial charge in [0.1, 0.15) is 17.8 Å². The molecule has 27 heavy (non-hydrogen) atoms. The van der Waals surface area contributed by atoms with Crippen LogP contribution in [0.15, 0.2) is 55.4 Å². The summed E-state index contributed by atoms with van der Waals surface area (Å²) in [6.07, 6.45) is 3.75. The highest BCUT2D eigenvalue weighted by Gasteiger charge is 2.25. The Labute approximate surface area is 157 Å². The third-order valence-corrected chi connectivity index (χ3v) is 4.56. The van der Waals surface area contributed by atoms with Crippen molar-refractivity contribution < 1.29 is 4.79 Å². The van der Waals surface area contributed by atoms with Gasteiger partial charge in [0.25, 0.3) is 0 Å². The maximum absolute atomic E-state index is 11.8. The third kappa shape index (κ3) is 3.67. The third-order valence-electron chi connectivity index (χ3n) is 4.56. The van der Waals surface area contributed by atoms with Crippen LogP contribution < -0.4 is 5.32 Å². The summed E-state index contributed by atoms with van der Waals surface area (Å²) in [4.78, 5) is 25.4. The lowest BCUT2D eigenvalue weighted by Gasteiger charge is -2.15. The largest absolute Gasteiger partial charge is 0.365 e. The van der Waals surface area contributed by atoms with Crippen molar-refractivity contribution in [3.05, 3.63) is 66.6 Å². The van der Waals surface area contributed by atoms with Crippen LogP contribution in [0.1, 0.15) is 17.7 Å². The Hall–Kier alpha value is -3.59. The quantitative estimate of drug-likeness (QED) is 0.558. The number of aromatic amines is 1. The average molecular weight is 357 g/mol. The Kier molecular flexibility index (Phi) is 4.58. The Balaban J connectivity index is 1.54. The number of anilines is 1. The number of nitrogens with zero attached hydrogens (tertiary/aromatic N) is 3. The van der Waals surface area contributed by atoms with Crippen LogP contribution >= 0.6 is 0 Å². The molecule has 0 radical (unpaired) electrons. The zero-order chi connectivity index (χ0) is 18.6. The topological polar surface area (TPSA) is 73.9 Å². The first-order chi connectivity index (χ1) is 13.2. The van der Waals surface area contributed by atoms with Crippen LogP contribution in [0.25, 0.3) is 11.0 Å². The van der Waals surface area contributed by atoms with E-state index in [4.69, 9.17) is 0 Å². The lowest BCUT2D eigenvalue weighted by atomic mass is 10.2. The van der Waals surface area contributed by atoms with E-state index >= 15 is 0 Å². The minimum atomic E-state index is -0.0350. The van der Waals surface area contributed by atoms with Crippen molar-refractivity contribution in [2.45, 2.75) is 12.5 Å². The fraction of sp³-hybridized carbons (Fsp3) is 0.190. The SMILES string of the molecule is C=CC(=O)N1CCC(Nc2ncnc3[nH]c(C#Cc4ccccc4)cc23)C1. The average Bonchev–Trinajstić information content (AvgIpc) is 3.34. The highest BCUT2D eigenvalue weighted by Crippen LogP contribution is 2.23. The van der Waals surface area contributed by atoms with Crippen molar-refractivity contribution in [2.75, 3.05) is 18.4 Å². The number of benzene rings is 1. The second kappa shape index (κ2) is 7.34. The number of carbonyl (C=O) groups is 1. The van der Waals surface area contributed by atoms with Crippen LogP contribution in [0, 0.1) is 11.8 Å². The molecule has 3 heterocycles. The molecule has 6 nitrogen and oxygen atoms in total. The molecule has 0 saturated carbocycles. The number of amides is 1. The lowest BCUT2D eigenvalue weighted by molar-refractivity contribution is -0.125. The van der Waals surface area contributed by atoms with E-state index in [-0.39, 0.29) is 11.9 Å². The molecule has 6 heteroatoms. The molecular formula is C21H19N5O. The molecule has 3 aromatic rings. The van der Waals surface area contributed by atoms with Crippen LogP contribution in [-0.2, 0) is 4.79 Å². The standard InChI is InChI=1S/C21H19N5O/c1-2-19(27)26-11-10-17(13-26)25-21-18-12-16(24-20(18)22-14-23-21)9-8-15-6-4-3-5-7-15/h2-7,12,14,17H,1,10-11,13H2,(H2,22,23,24,25). The minimum Gasteiger partial charge on any atom is -0.365 e. The molecule has 0 bridgehead atoms. The molecule has 1 unspecified atom stereocenters. The summed E-state index contributed by atoms with van der Waals surface area (Å²) in [5.74, 6) is 6.99. The van der Waals surface area contributed by atoms with E-state index in [2.05, 4.69) is 38.7 Å². The Bertz CT molecular complexity index is 1040. The number of likely N-dealkylation sites (tertiary alicyclic amines) is 1. The first-order valence-corrected chi connectivity index (χ1v) is 8.81. The lowest BCUT2D eigenvalue weighted by Crippen LogP contribution is -2.30. The molecule has 1 aliphatic heterocycles. The van der Waals surface area contributed by atoms with Gasteiger partial charge in [0, 0.05) is 24.7 Å². The summed E-state index contributed by atoms with van der Waals surface area (Å²) < 4.78 is 0. The van der Waals surface area contributed by atoms with Gasteiger partial charge in [-0.1, -0.05) is 30.7 Å². The number of hydrogen-bond acceptors (Lipinski definition) is 4. The van der Waals surface area contributed by atoms with E-state index in [0.717, 1.165) is 41.1 Å². The van der Waals surface area contributed by atoms with Crippen molar-refractivity contribution in [3.63, 3.8) is 0 Å². The van der Waals surface area contributed by atoms with Gasteiger partial charge < -0.3 is 15.2 Å². The van der Waals surface area contributed by atoms with E-state index in [0.29, 0.717) is 6.54 Å². The van der Waals surface area contributed by atoms with Crippen molar-refractivity contribution in [3.8, 4) is 11.8 Å². The molecule has 1 amide bonds. The molecule has 134 valence electrons. The van der Waals surface area contributed by atoms with Gasteiger partial charge in [0.2, 0.25) is 5.91 Å². The summed E-state index contributed by atoms with van der Waals surface area (Å²) >= 11 is 0. The maximum Gasteiger partial charge on any atom is 0.246 e. The van der Waals surface area contributed by atoms with Crippen LogP contribution in [0.5, 0.6) is 0 Å². The fourth-order valence-corrected chi connectivity index (χ4v) is 3.18. The van der Waals surface area contributed by atoms with Gasteiger partial charge in [-0.15, -0.1) is 0 Å². The molecule has 2 aromatic heterocycles. The number of nitrogens with one attached hydrogen (secondary N) is 2. The molecule has 1 fully saturated rings. The zero-order valence-electron chi connectivity index (χ0n) is 14.8. The van der Waals surface area contributed by atoms with E-state index in [1.807, 2.05) is 36.4 Å². The highest BCUT2D eigenvalue weighted by atomic mass is 16.2. The van der Waals surface area contributed by atoms with Gasteiger partial charge in [-0.25, -0.2) is 9.97 Å². The zero-order valence-corrected chi connectivity index (χ0v) is 14.8. The molecule has 1 aromatic carbocycles. The molecule has 1 saturated heterocycles. The molecule has 2 N–H and O–H groups in total. The fourth-order valence-electron chi connectivity index (χ4n) is 3.18. The smallest absolute Gasteiger partial charge is 0.246 e. The van der Waals surface area contributed by atoms with Crippen molar-refractivity contribution >= 4 is 22.8 Å². The molecular weight excluding hydrogens is 338 g/mol. The first kappa shape index (κ1) is 16.9. The number of aromatic nitrogens is 3. The van der Waals surface area contributed by atoms with Crippen LogP contribution in [0.2, 0.25) is 0 Å². The number of H-pyrrole nitrogens is 1. The second-order valence-electron chi connectivity index (χ2n) is 6.40. The monoisotopic (exact) mass is 357 g/mol. The van der Waals surface area contributed by atoms with Crippen molar-refractivity contribution in [2.24, 2.45) is 0 Å². The van der Waals surface area contributed by atoms with Crippen molar-refractivity contribution in [1.29, 1.82) is 0 Å². The summed E-state index contributed by atoms with van der Waals surface area (Å²) in [5.41, 5.74) is 2.48. The molecule has 0 aliphatic carbocycles. The summed E-state index contributed by atoms with van der Waals surface area (Å²) in [6, 6.07) is 11.9. The van der Waals surface area contributed by atoms with Crippen LogP contribution in [-0.4, -0.2) is 44.9 Å². The number of rotatable bonds is 3. The number of hydrogen-bond donors (Lipinski definition) is 2. The molecule has 1 atom stereocenters. The summed E-state index contributed by atoms with van der Waals surface area (Å²) in [6.45, 7) is 4.91. The Morgan fingerprint density at radius 1 is 1.30 bits per heavy atom. The van der Waals surface area contributed by atoms with Gasteiger partial charge in [-0.2, -0.15) is 0 Å². The van der Waals surface area contributed by atoms with Gasteiger partial charge >= 0.3 is 0 Å². The maximum atomic E-state index is 11.8. The predicted octanol–water partition coefficient (Wildman–Crippen LogP) is 2.56. The highest BCUT2D eigenvalue weighted by molar-refractivity contribution is 5.89. The van der Waals surface area contributed by atoms with Crippen LogP contribution in [0.4, 0.5) is 5.82 Å². The van der Waals surface area contributed by atoms with Gasteiger partial charge in [-0.05, 0) is 36.6 Å². The van der Waals surface area contributed by atoms with Gasteiger partial charge in [0.15, 0.2) is 0 Å². The molecule has 1 aliphatic rings. The Morgan fingerprint density at radius 3 is 2.96 bits per heavy atom. The predicted molar refractivity (Wildman–Crippen MR) is 105 cm³/mol. The van der Waals surface area contributed by atoms with Gasteiger partial charge in [-0.3, -0.25) is 4.79 Å². The number of fused-ring (bicyclic) bond motifs is 1. The van der Waals surface area contributed by atoms with E-state index < -0.39 is 0 Å². The van der Waals surface area contributed by atoms with E-state index in [1.165, 1.54) is 12.4 Å². The molecule has 4 rings (SSSR count). The number of carbonyl (C=O) groups excluding carboxylic acids is 1. The van der Waals surface area contributed by atoms with Crippen molar-refractivity contribution in [1.82, 2.24) is 19.9 Å². The molecule has 0 spiro atoms. The summed E-state index contributed by atoms with van der Waals surface area (Å²) in [5, 5.41) is 4.32. The first-order valence-electron chi connectivity index (χ1n) is 8.81. The normalized spacial score (nSPS) is 16.0. The Morgan fingerprint density at radius 2 is 2.15 bits per heavy atom.